The van der Waals surface area contributed by atoms with Gasteiger partial charge in [-0.3, -0.25) is 10.1 Å². The highest BCUT2D eigenvalue weighted by Gasteiger charge is 2.25. The molecule has 1 saturated heterocycles. The van der Waals surface area contributed by atoms with Gasteiger partial charge in [0, 0.05) is 17.7 Å². The lowest BCUT2D eigenvalue weighted by Gasteiger charge is -2.09. The lowest BCUT2D eigenvalue weighted by atomic mass is 10.2. The van der Waals surface area contributed by atoms with Crippen LogP contribution in [0, 0.1) is 0 Å². The molecule has 2 rings (SSSR count). The maximum Gasteiger partial charge on any atom is 0.331 e. The minimum absolute atomic E-state index is 0.171. The number of rotatable bonds is 5. The zero-order valence-corrected chi connectivity index (χ0v) is 15.1. The highest BCUT2D eigenvalue weighted by Crippen LogP contribution is 2.32. The van der Waals surface area contributed by atoms with Crippen molar-refractivity contribution in [3.05, 3.63) is 33.7 Å². The molecule has 132 valence electrons. The maximum atomic E-state index is 11.7. The van der Waals surface area contributed by atoms with Crippen LogP contribution in [0.25, 0.3) is 0 Å². The molecule has 1 heterocycles. The van der Waals surface area contributed by atoms with Gasteiger partial charge in [0.05, 0.1) is 37.5 Å². The minimum Gasteiger partial charge on any atom is -0.493 e. The van der Waals surface area contributed by atoms with Crippen molar-refractivity contribution < 1.29 is 23.8 Å². The van der Waals surface area contributed by atoms with E-state index < -0.39 is 11.9 Å². The number of hydrogen-bond acceptors (Lipinski definition) is 8. The Morgan fingerprint density at radius 1 is 1.24 bits per heavy atom. The number of ether oxygens (including phenoxy) is 3. The van der Waals surface area contributed by atoms with Crippen LogP contribution in [-0.2, 0) is 14.3 Å². The van der Waals surface area contributed by atoms with Gasteiger partial charge in [0.25, 0.3) is 5.91 Å². The van der Waals surface area contributed by atoms with Crippen molar-refractivity contribution in [2.24, 2.45) is 10.2 Å². The fourth-order valence-electron chi connectivity index (χ4n) is 1.75. The minimum atomic E-state index is -0.625. The highest BCUT2D eigenvalue weighted by molar-refractivity contribution is 8.18. The van der Waals surface area contributed by atoms with Gasteiger partial charge in [-0.05, 0) is 17.8 Å². The number of halogens is 1. The first-order valence-electron chi connectivity index (χ1n) is 6.80. The summed E-state index contributed by atoms with van der Waals surface area (Å²) in [5, 5.41) is 10.9. The summed E-state index contributed by atoms with van der Waals surface area (Å²) in [6, 6.07) is 3.24. The van der Waals surface area contributed by atoms with E-state index in [1.807, 2.05) is 0 Å². The number of nitrogens with one attached hydrogen (secondary N) is 1. The summed E-state index contributed by atoms with van der Waals surface area (Å²) in [6.45, 7) is 0. The molecule has 1 fully saturated rings. The monoisotopic (exact) mass is 383 g/mol. The molecule has 1 amide bonds. The van der Waals surface area contributed by atoms with E-state index in [1.165, 1.54) is 27.5 Å². The predicted octanol–water partition coefficient (Wildman–Crippen LogP) is 1.97. The van der Waals surface area contributed by atoms with Crippen molar-refractivity contribution in [1.82, 2.24) is 5.32 Å². The van der Waals surface area contributed by atoms with Gasteiger partial charge < -0.3 is 14.2 Å². The lowest BCUT2D eigenvalue weighted by Crippen LogP contribution is -2.19. The van der Waals surface area contributed by atoms with E-state index in [2.05, 4.69) is 20.3 Å². The Hall–Kier alpha value is -2.52. The number of amidine groups is 1. The molecule has 0 unspecified atom stereocenters. The van der Waals surface area contributed by atoms with Crippen LogP contribution >= 0.6 is 23.4 Å². The van der Waals surface area contributed by atoms with Crippen LogP contribution in [0.2, 0.25) is 5.02 Å². The fraction of sp³-hybridized carbons (Fsp3) is 0.200. The van der Waals surface area contributed by atoms with E-state index in [4.69, 9.17) is 21.1 Å². The van der Waals surface area contributed by atoms with Gasteiger partial charge in [0.15, 0.2) is 16.7 Å². The zero-order chi connectivity index (χ0) is 18.4. The van der Waals surface area contributed by atoms with E-state index in [0.29, 0.717) is 22.1 Å². The maximum absolute atomic E-state index is 11.7. The summed E-state index contributed by atoms with van der Waals surface area (Å²) in [7, 11) is 4.24. The van der Waals surface area contributed by atoms with E-state index in [1.54, 1.807) is 12.1 Å². The number of esters is 1. The smallest absolute Gasteiger partial charge is 0.331 e. The number of thioether (sulfide) groups is 1. The predicted molar refractivity (Wildman–Crippen MR) is 95.4 cm³/mol. The Morgan fingerprint density at radius 3 is 2.56 bits per heavy atom. The molecule has 0 spiro atoms. The molecule has 1 aromatic rings. The quantitative estimate of drug-likeness (QED) is 0.361. The van der Waals surface area contributed by atoms with Gasteiger partial charge in [0.1, 0.15) is 0 Å². The van der Waals surface area contributed by atoms with Gasteiger partial charge in [-0.2, -0.15) is 5.10 Å². The molecule has 0 saturated carbocycles. The number of carbonyl (C=O) groups excluding carboxylic acids is 2. The normalized spacial score (nSPS) is 17.2. The molecular weight excluding hydrogens is 370 g/mol. The van der Waals surface area contributed by atoms with E-state index >= 15 is 0 Å². The van der Waals surface area contributed by atoms with Crippen LogP contribution in [0.1, 0.15) is 5.56 Å². The fourth-order valence-corrected chi connectivity index (χ4v) is 2.69. The van der Waals surface area contributed by atoms with Crippen LogP contribution in [0.15, 0.2) is 33.3 Å². The van der Waals surface area contributed by atoms with Gasteiger partial charge >= 0.3 is 5.97 Å². The third-order valence-corrected chi connectivity index (χ3v) is 4.18. The number of hydrogen-bond donors (Lipinski definition) is 1. The average molecular weight is 384 g/mol. The number of amides is 1. The van der Waals surface area contributed by atoms with E-state index in [0.717, 1.165) is 17.8 Å². The number of carbonyl (C=O) groups is 2. The molecule has 0 aromatic heterocycles. The summed E-state index contributed by atoms with van der Waals surface area (Å²) in [5.74, 6) is -0.0898. The largest absolute Gasteiger partial charge is 0.493 e. The Kier molecular flexibility index (Phi) is 6.43. The van der Waals surface area contributed by atoms with E-state index in [-0.39, 0.29) is 10.1 Å². The standard InChI is InChI=1S/C15H14ClN3O5S/c1-22-10-4-8(9(16)5-11(10)23-2)7-17-19-15-18-14(21)12(25-15)6-13(20)24-3/h4-7H,1-3H3,(H,18,19,21)/b12-6+,17-7?. The van der Waals surface area contributed by atoms with Crippen molar-refractivity contribution in [1.29, 1.82) is 0 Å². The molecular formula is C15H14ClN3O5S. The van der Waals surface area contributed by atoms with Crippen LogP contribution in [0.5, 0.6) is 11.5 Å². The second-order valence-corrected chi connectivity index (χ2v) is 5.90. The summed E-state index contributed by atoms with van der Waals surface area (Å²) in [6.07, 6.45) is 2.49. The van der Waals surface area contributed by atoms with Crippen LogP contribution in [0.3, 0.4) is 0 Å². The topological polar surface area (TPSA) is 98.6 Å². The highest BCUT2D eigenvalue weighted by atomic mass is 35.5. The van der Waals surface area contributed by atoms with Crippen molar-refractivity contribution >= 4 is 46.6 Å². The summed E-state index contributed by atoms with van der Waals surface area (Å²) in [4.78, 5) is 23.0. The summed E-state index contributed by atoms with van der Waals surface area (Å²) < 4.78 is 14.8. The van der Waals surface area contributed by atoms with E-state index in [9.17, 15) is 9.59 Å². The molecule has 1 aliphatic heterocycles. The van der Waals surface area contributed by atoms with Crippen LogP contribution < -0.4 is 14.8 Å². The molecule has 1 N–H and O–H groups in total. The van der Waals surface area contributed by atoms with Crippen molar-refractivity contribution in [3.8, 4) is 11.5 Å². The molecule has 25 heavy (non-hydrogen) atoms. The Balaban J connectivity index is 2.16. The Bertz CT molecular complexity index is 792. The second kappa shape index (κ2) is 8.54. The zero-order valence-electron chi connectivity index (χ0n) is 13.5. The number of methoxy groups -OCH3 is 3. The SMILES string of the molecule is COC(=O)/C=C1/S/C(=N\N=Cc2cc(OC)c(OC)cc2Cl)NC1=O. The first kappa shape index (κ1) is 18.8. The van der Waals surface area contributed by atoms with Crippen molar-refractivity contribution in [2.45, 2.75) is 0 Å². The first-order valence-corrected chi connectivity index (χ1v) is 7.99. The molecule has 0 atom stereocenters. The molecule has 10 heteroatoms. The third kappa shape index (κ3) is 4.74. The molecule has 1 aliphatic rings. The van der Waals surface area contributed by atoms with Gasteiger partial charge in [0.2, 0.25) is 0 Å². The number of nitrogens with zero attached hydrogens (tertiary/aromatic N) is 2. The second-order valence-electron chi connectivity index (χ2n) is 4.47. The van der Waals surface area contributed by atoms with Crippen molar-refractivity contribution in [3.63, 3.8) is 0 Å². The molecule has 0 bridgehead atoms. The summed E-state index contributed by atoms with van der Waals surface area (Å²) in [5.41, 5.74) is 0.559. The van der Waals surface area contributed by atoms with Gasteiger partial charge in [-0.25, -0.2) is 4.79 Å². The molecule has 0 radical (unpaired) electrons. The van der Waals surface area contributed by atoms with Crippen molar-refractivity contribution in [2.75, 3.05) is 21.3 Å². The van der Waals surface area contributed by atoms with Crippen LogP contribution in [-0.4, -0.2) is 44.6 Å². The molecule has 8 nitrogen and oxygen atoms in total. The molecule has 1 aromatic carbocycles. The van der Waals surface area contributed by atoms with Gasteiger partial charge in [-0.15, -0.1) is 5.10 Å². The molecule has 0 aliphatic carbocycles. The number of benzene rings is 1. The van der Waals surface area contributed by atoms with Gasteiger partial charge in [-0.1, -0.05) is 11.6 Å². The Morgan fingerprint density at radius 2 is 1.92 bits per heavy atom. The Labute approximate surface area is 152 Å². The average Bonchev–Trinajstić information content (AvgIpc) is 2.95. The summed E-state index contributed by atoms with van der Waals surface area (Å²) >= 11 is 7.12. The van der Waals surface area contributed by atoms with Crippen LogP contribution in [0.4, 0.5) is 0 Å². The lowest BCUT2D eigenvalue weighted by molar-refractivity contribution is -0.135. The first-order chi connectivity index (χ1) is 12.0. The third-order valence-electron chi connectivity index (χ3n) is 2.95.